The molecule has 2 aromatic rings. The van der Waals surface area contributed by atoms with Crippen LogP contribution in [0.1, 0.15) is 28.4 Å². The maximum Gasteiger partial charge on any atom is 0.271 e. The predicted octanol–water partition coefficient (Wildman–Crippen LogP) is 3.01. The summed E-state index contributed by atoms with van der Waals surface area (Å²) in [5.74, 6) is 1.42. The van der Waals surface area contributed by atoms with Crippen molar-refractivity contribution in [3.8, 4) is 17.2 Å². The lowest BCUT2D eigenvalue weighted by atomic mass is 10.1. The van der Waals surface area contributed by atoms with Crippen molar-refractivity contribution < 1.29 is 23.7 Å². The Labute approximate surface area is 158 Å². The third kappa shape index (κ3) is 4.98. The minimum absolute atomic E-state index is 0.346. The average Bonchev–Trinajstić information content (AvgIpc) is 2.71. The minimum Gasteiger partial charge on any atom is -0.496 e. The molecule has 0 aromatic heterocycles. The summed E-state index contributed by atoms with van der Waals surface area (Å²) in [4.78, 5) is 12.4. The van der Waals surface area contributed by atoms with Crippen molar-refractivity contribution in [1.29, 1.82) is 0 Å². The van der Waals surface area contributed by atoms with Gasteiger partial charge in [-0.15, -0.1) is 0 Å². The summed E-state index contributed by atoms with van der Waals surface area (Å²) in [6, 6.07) is 10.6. The normalized spacial score (nSPS) is 11.1. The number of hydrogen-bond acceptors (Lipinski definition) is 6. The highest BCUT2D eigenvalue weighted by molar-refractivity contribution is 6.01. The van der Waals surface area contributed by atoms with Crippen LogP contribution in [0, 0.1) is 0 Å². The van der Waals surface area contributed by atoms with E-state index in [2.05, 4.69) is 10.5 Å². The first kappa shape index (κ1) is 20.3. The molecule has 1 N–H and O–H groups in total. The van der Waals surface area contributed by atoms with E-state index in [-0.39, 0.29) is 5.91 Å². The fraction of sp³-hybridized carbons (Fsp3) is 0.300. The summed E-state index contributed by atoms with van der Waals surface area (Å²) >= 11 is 0. The SMILES string of the molecule is COCc1cc(/C(C)=N\NC(=O)c2ccc(OC)c(OC)c2)ccc1OC. The summed E-state index contributed by atoms with van der Waals surface area (Å²) in [5.41, 5.74) is 5.39. The molecular formula is C20H24N2O5. The molecule has 2 aromatic carbocycles. The molecular weight excluding hydrogens is 348 g/mol. The van der Waals surface area contributed by atoms with Crippen molar-refractivity contribution in [1.82, 2.24) is 5.43 Å². The summed E-state index contributed by atoms with van der Waals surface area (Å²) in [5, 5.41) is 4.19. The first-order valence-corrected chi connectivity index (χ1v) is 8.26. The van der Waals surface area contributed by atoms with Crippen LogP contribution in [-0.2, 0) is 11.3 Å². The Kier molecular flexibility index (Phi) is 7.19. The lowest BCUT2D eigenvalue weighted by Crippen LogP contribution is -2.19. The van der Waals surface area contributed by atoms with Crippen LogP contribution in [-0.4, -0.2) is 40.1 Å². The standard InChI is InChI=1S/C20H24N2O5/c1-13(14-6-8-17(25-3)16(10-14)12-24-2)21-22-20(23)15-7-9-18(26-4)19(11-15)27-5/h6-11H,12H2,1-5H3,(H,22,23)/b21-13-. The number of hydrogen-bond donors (Lipinski definition) is 1. The average molecular weight is 372 g/mol. The molecule has 0 heterocycles. The number of carbonyl (C=O) groups excluding carboxylic acids is 1. The largest absolute Gasteiger partial charge is 0.496 e. The van der Waals surface area contributed by atoms with Crippen LogP contribution in [0.15, 0.2) is 41.5 Å². The fourth-order valence-corrected chi connectivity index (χ4v) is 2.51. The highest BCUT2D eigenvalue weighted by Gasteiger charge is 2.11. The maximum absolute atomic E-state index is 12.4. The molecule has 144 valence electrons. The molecule has 0 aliphatic rings. The second-order valence-electron chi connectivity index (χ2n) is 5.67. The lowest BCUT2D eigenvalue weighted by Gasteiger charge is -2.11. The third-order valence-corrected chi connectivity index (χ3v) is 3.97. The van der Waals surface area contributed by atoms with Crippen LogP contribution in [0.3, 0.4) is 0 Å². The number of nitrogens with one attached hydrogen (secondary N) is 1. The predicted molar refractivity (Wildman–Crippen MR) is 103 cm³/mol. The van der Waals surface area contributed by atoms with Gasteiger partial charge in [-0.3, -0.25) is 4.79 Å². The highest BCUT2D eigenvalue weighted by atomic mass is 16.5. The number of amides is 1. The fourth-order valence-electron chi connectivity index (χ4n) is 2.51. The number of methoxy groups -OCH3 is 4. The Hall–Kier alpha value is -3.06. The molecule has 27 heavy (non-hydrogen) atoms. The molecule has 0 atom stereocenters. The van der Waals surface area contributed by atoms with E-state index in [1.54, 1.807) is 32.4 Å². The number of nitrogens with zero attached hydrogens (tertiary/aromatic N) is 1. The van der Waals surface area contributed by atoms with Gasteiger partial charge < -0.3 is 18.9 Å². The molecule has 0 aliphatic heterocycles. The number of ether oxygens (including phenoxy) is 4. The summed E-state index contributed by atoms with van der Waals surface area (Å²) in [6.07, 6.45) is 0. The van der Waals surface area contributed by atoms with E-state index < -0.39 is 0 Å². The molecule has 0 radical (unpaired) electrons. The van der Waals surface area contributed by atoms with Gasteiger partial charge in [0, 0.05) is 18.2 Å². The van der Waals surface area contributed by atoms with E-state index in [4.69, 9.17) is 18.9 Å². The number of rotatable bonds is 8. The van der Waals surface area contributed by atoms with Crippen molar-refractivity contribution in [2.75, 3.05) is 28.4 Å². The topological polar surface area (TPSA) is 78.4 Å². The van der Waals surface area contributed by atoms with Gasteiger partial charge >= 0.3 is 0 Å². The zero-order valence-electron chi connectivity index (χ0n) is 16.2. The van der Waals surface area contributed by atoms with Crippen LogP contribution in [0.5, 0.6) is 17.2 Å². The molecule has 0 spiro atoms. The summed E-state index contributed by atoms with van der Waals surface area (Å²) in [6.45, 7) is 2.23. The van der Waals surface area contributed by atoms with E-state index in [9.17, 15) is 4.79 Å². The Balaban J connectivity index is 2.17. The van der Waals surface area contributed by atoms with Gasteiger partial charge in [-0.2, -0.15) is 5.10 Å². The van der Waals surface area contributed by atoms with E-state index >= 15 is 0 Å². The van der Waals surface area contributed by atoms with Crippen LogP contribution >= 0.6 is 0 Å². The van der Waals surface area contributed by atoms with Gasteiger partial charge in [0.25, 0.3) is 5.91 Å². The molecule has 0 aliphatic carbocycles. The van der Waals surface area contributed by atoms with Crippen molar-refractivity contribution in [3.63, 3.8) is 0 Å². The van der Waals surface area contributed by atoms with Gasteiger partial charge in [0.2, 0.25) is 0 Å². The second-order valence-corrected chi connectivity index (χ2v) is 5.67. The first-order chi connectivity index (χ1) is 13.0. The zero-order chi connectivity index (χ0) is 19.8. The highest BCUT2D eigenvalue weighted by Crippen LogP contribution is 2.27. The summed E-state index contributed by atoms with van der Waals surface area (Å²) in [7, 11) is 6.29. The summed E-state index contributed by atoms with van der Waals surface area (Å²) < 4.78 is 20.9. The van der Waals surface area contributed by atoms with Crippen molar-refractivity contribution in [2.45, 2.75) is 13.5 Å². The Morgan fingerprint density at radius 2 is 1.52 bits per heavy atom. The van der Waals surface area contributed by atoms with Gasteiger partial charge in [0.1, 0.15) is 5.75 Å². The number of benzene rings is 2. The number of hydrazone groups is 1. The zero-order valence-corrected chi connectivity index (χ0v) is 16.2. The molecule has 1 amide bonds. The monoisotopic (exact) mass is 372 g/mol. The number of carbonyl (C=O) groups is 1. The second kappa shape index (κ2) is 9.59. The molecule has 0 saturated carbocycles. The van der Waals surface area contributed by atoms with Crippen molar-refractivity contribution in [3.05, 3.63) is 53.1 Å². The van der Waals surface area contributed by atoms with E-state index in [0.717, 1.165) is 16.9 Å². The lowest BCUT2D eigenvalue weighted by molar-refractivity contribution is 0.0954. The molecule has 0 saturated heterocycles. The van der Waals surface area contributed by atoms with Gasteiger partial charge in [-0.1, -0.05) is 0 Å². The third-order valence-electron chi connectivity index (χ3n) is 3.97. The van der Waals surface area contributed by atoms with E-state index in [1.165, 1.54) is 14.2 Å². The minimum atomic E-state index is -0.346. The molecule has 0 unspecified atom stereocenters. The van der Waals surface area contributed by atoms with Crippen molar-refractivity contribution in [2.24, 2.45) is 5.10 Å². The van der Waals surface area contributed by atoms with Gasteiger partial charge in [-0.25, -0.2) is 5.43 Å². The molecule has 7 heteroatoms. The first-order valence-electron chi connectivity index (χ1n) is 8.26. The molecule has 0 bridgehead atoms. The van der Waals surface area contributed by atoms with Gasteiger partial charge in [-0.05, 0) is 48.9 Å². The van der Waals surface area contributed by atoms with Gasteiger partial charge in [0.15, 0.2) is 11.5 Å². The Morgan fingerprint density at radius 3 is 2.15 bits per heavy atom. The smallest absolute Gasteiger partial charge is 0.271 e. The quantitative estimate of drug-likeness (QED) is 0.569. The van der Waals surface area contributed by atoms with Crippen molar-refractivity contribution >= 4 is 11.6 Å². The molecule has 2 rings (SSSR count). The van der Waals surface area contributed by atoms with Crippen LogP contribution < -0.4 is 19.6 Å². The van der Waals surface area contributed by atoms with E-state index in [0.29, 0.717) is 29.4 Å². The van der Waals surface area contributed by atoms with Gasteiger partial charge in [0.05, 0.1) is 33.6 Å². The maximum atomic E-state index is 12.4. The van der Waals surface area contributed by atoms with Crippen LogP contribution in [0.4, 0.5) is 0 Å². The Bertz CT molecular complexity index is 833. The van der Waals surface area contributed by atoms with E-state index in [1.807, 2.05) is 25.1 Å². The molecule has 0 fully saturated rings. The molecule has 7 nitrogen and oxygen atoms in total. The van der Waals surface area contributed by atoms with Crippen LogP contribution in [0.25, 0.3) is 0 Å². The Morgan fingerprint density at radius 1 is 0.889 bits per heavy atom. The van der Waals surface area contributed by atoms with Crippen LogP contribution in [0.2, 0.25) is 0 Å².